The van der Waals surface area contributed by atoms with Crippen LogP contribution in [0.4, 0.5) is 0 Å². The van der Waals surface area contributed by atoms with Crippen molar-refractivity contribution in [1.82, 2.24) is 9.80 Å². The minimum atomic E-state index is 0.227. The van der Waals surface area contributed by atoms with E-state index >= 15 is 0 Å². The fraction of sp³-hybridized carbons (Fsp3) is 0.438. The fourth-order valence-electron chi connectivity index (χ4n) is 2.82. The molecule has 3 nitrogen and oxygen atoms in total. The average Bonchev–Trinajstić information content (AvgIpc) is 2.82. The highest BCUT2D eigenvalue weighted by molar-refractivity contribution is 8.01. The summed E-state index contributed by atoms with van der Waals surface area (Å²) in [5, 5.41) is 0.227. The predicted octanol–water partition coefficient (Wildman–Crippen LogP) is 2.35. The Bertz CT molecular complexity index is 514. The molecular formula is C16H20N2OS. The van der Waals surface area contributed by atoms with Crippen LogP contribution in [0.1, 0.15) is 12.0 Å². The van der Waals surface area contributed by atoms with E-state index in [9.17, 15) is 4.79 Å². The van der Waals surface area contributed by atoms with E-state index in [1.807, 2.05) is 23.1 Å². The molecule has 0 spiro atoms. The number of rotatable bonds is 3. The highest BCUT2D eigenvalue weighted by atomic mass is 32.2. The topological polar surface area (TPSA) is 23.6 Å². The summed E-state index contributed by atoms with van der Waals surface area (Å²) in [6.45, 7) is 2.82. The zero-order valence-corrected chi connectivity index (χ0v) is 12.6. The van der Waals surface area contributed by atoms with Gasteiger partial charge in [0, 0.05) is 19.6 Å². The third-order valence-electron chi connectivity index (χ3n) is 3.85. The lowest BCUT2D eigenvalue weighted by atomic mass is 10.1. The van der Waals surface area contributed by atoms with Crippen LogP contribution in [0.25, 0.3) is 0 Å². The number of amides is 1. The summed E-state index contributed by atoms with van der Waals surface area (Å²) in [5.41, 5.74) is 2.60. The van der Waals surface area contributed by atoms with Crippen LogP contribution >= 0.6 is 11.8 Å². The standard InChI is InChI=1S/C16H20N2OS/c1-17-9-5-8-14(11-17)16-18(15(19)12-20-16)10-13-6-3-2-4-7-13/h2-4,6-8,16H,5,9-12H2,1H3. The Balaban J connectivity index is 1.77. The van der Waals surface area contributed by atoms with Crippen molar-refractivity contribution in [2.24, 2.45) is 0 Å². The van der Waals surface area contributed by atoms with Gasteiger partial charge in [0.1, 0.15) is 5.37 Å². The molecule has 2 aliphatic rings. The molecular weight excluding hydrogens is 268 g/mol. The lowest BCUT2D eigenvalue weighted by Crippen LogP contribution is -2.38. The smallest absolute Gasteiger partial charge is 0.234 e. The molecule has 0 saturated carbocycles. The summed E-state index contributed by atoms with van der Waals surface area (Å²) in [4.78, 5) is 16.5. The normalized spacial score (nSPS) is 24.1. The van der Waals surface area contributed by atoms with E-state index in [0.717, 1.165) is 26.1 Å². The second kappa shape index (κ2) is 6.02. The first-order valence-corrected chi connectivity index (χ1v) is 8.11. The first-order valence-electron chi connectivity index (χ1n) is 7.06. The first-order chi connectivity index (χ1) is 9.74. The van der Waals surface area contributed by atoms with E-state index in [1.165, 1.54) is 11.1 Å². The number of benzene rings is 1. The summed E-state index contributed by atoms with van der Waals surface area (Å²) in [5.74, 6) is 0.872. The number of carbonyl (C=O) groups is 1. The summed E-state index contributed by atoms with van der Waals surface area (Å²) in [6, 6.07) is 10.3. The molecule has 1 fully saturated rings. The first kappa shape index (κ1) is 13.7. The number of thioether (sulfide) groups is 1. The lowest BCUT2D eigenvalue weighted by molar-refractivity contribution is -0.128. The molecule has 2 heterocycles. The third kappa shape index (κ3) is 2.91. The molecule has 0 radical (unpaired) electrons. The summed E-state index contributed by atoms with van der Waals surface area (Å²) in [7, 11) is 2.15. The van der Waals surface area contributed by atoms with Crippen molar-refractivity contribution in [1.29, 1.82) is 0 Å². The van der Waals surface area contributed by atoms with Crippen molar-refractivity contribution < 1.29 is 4.79 Å². The predicted molar refractivity (Wildman–Crippen MR) is 83.4 cm³/mol. The minimum absolute atomic E-state index is 0.227. The molecule has 4 heteroatoms. The molecule has 1 amide bonds. The Kier molecular flexibility index (Phi) is 4.13. The van der Waals surface area contributed by atoms with Crippen molar-refractivity contribution in [2.75, 3.05) is 25.9 Å². The summed E-state index contributed by atoms with van der Waals surface area (Å²) in [6.07, 6.45) is 3.42. The largest absolute Gasteiger partial charge is 0.322 e. The molecule has 2 aliphatic heterocycles. The van der Waals surface area contributed by atoms with Gasteiger partial charge in [-0.15, -0.1) is 11.8 Å². The molecule has 1 atom stereocenters. The summed E-state index contributed by atoms with van der Waals surface area (Å²) >= 11 is 1.77. The van der Waals surface area contributed by atoms with Crippen LogP contribution in [0.2, 0.25) is 0 Å². The molecule has 106 valence electrons. The van der Waals surface area contributed by atoms with Crippen LogP contribution in [0, 0.1) is 0 Å². The number of hydrogen-bond acceptors (Lipinski definition) is 3. The molecule has 20 heavy (non-hydrogen) atoms. The van der Waals surface area contributed by atoms with Gasteiger partial charge in [-0.05, 0) is 24.6 Å². The number of hydrogen-bond donors (Lipinski definition) is 0. The Labute approximate surface area is 124 Å². The maximum atomic E-state index is 12.2. The minimum Gasteiger partial charge on any atom is -0.322 e. The molecule has 1 unspecified atom stereocenters. The van der Waals surface area contributed by atoms with Gasteiger partial charge in [0.15, 0.2) is 0 Å². The van der Waals surface area contributed by atoms with E-state index in [-0.39, 0.29) is 11.3 Å². The molecule has 1 saturated heterocycles. The Morgan fingerprint density at radius 2 is 2.10 bits per heavy atom. The maximum absolute atomic E-state index is 12.2. The van der Waals surface area contributed by atoms with Gasteiger partial charge in [-0.2, -0.15) is 0 Å². The van der Waals surface area contributed by atoms with Gasteiger partial charge in [-0.1, -0.05) is 36.4 Å². The number of carbonyl (C=O) groups excluding carboxylic acids is 1. The average molecular weight is 288 g/mol. The SMILES string of the molecule is CN1CCC=C(C2SCC(=O)N2Cc2ccccc2)C1. The van der Waals surface area contributed by atoms with Crippen LogP contribution in [0.5, 0.6) is 0 Å². The molecule has 0 aliphatic carbocycles. The van der Waals surface area contributed by atoms with Crippen molar-refractivity contribution in [3.63, 3.8) is 0 Å². The van der Waals surface area contributed by atoms with Gasteiger partial charge in [-0.3, -0.25) is 4.79 Å². The van der Waals surface area contributed by atoms with Gasteiger partial charge in [0.05, 0.1) is 5.75 Å². The van der Waals surface area contributed by atoms with Crippen molar-refractivity contribution >= 4 is 17.7 Å². The van der Waals surface area contributed by atoms with Gasteiger partial charge in [0.25, 0.3) is 0 Å². The summed E-state index contributed by atoms with van der Waals surface area (Å²) < 4.78 is 0. The van der Waals surface area contributed by atoms with Gasteiger partial charge in [-0.25, -0.2) is 0 Å². The third-order valence-corrected chi connectivity index (χ3v) is 5.14. The molecule has 0 N–H and O–H groups in total. The maximum Gasteiger partial charge on any atom is 0.234 e. The number of nitrogens with zero attached hydrogens (tertiary/aromatic N) is 2. The zero-order chi connectivity index (χ0) is 13.9. The molecule has 0 bridgehead atoms. The Morgan fingerprint density at radius 3 is 2.85 bits per heavy atom. The van der Waals surface area contributed by atoms with Crippen molar-refractivity contribution in [3.8, 4) is 0 Å². The van der Waals surface area contributed by atoms with Crippen LogP contribution in [0.15, 0.2) is 42.0 Å². The van der Waals surface area contributed by atoms with Gasteiger partial charge in [0.2, 0.25) is 5.91 Å². The molecule has 0 aromatic heterocycles. The second-order valence-electron chi connectivity index (χ2n) is 5.48. The molecule has 1 aromatic rings. The van der Waals surface area contributed by atoms with Gasteiger partial charge >= 0.3 is 0 Å². The monoisotopic (exact) mass is 288 g/mol. The molecule has 3 rings (SSSR count). The van der Waals surface area contributed by atoms with E-state index < -0.39 is 0 Å². The van der Waals surface area contributed by atoms with Gasteiger partial charge < -0.3 is 9.80 Å². The van der Waals surface area contributed by atoms with E-state index in [0.29, 0.717) is 5.75 Å². The van der Waals surface area contributed by atoms with Crippen molar-refractivity contribution in [3.05, 3.63) is 47.5 Å². The van der Waals surface area contributed by atoms with Crippen molar-refractivity contribution in [2.45, 2.75) is 18.3 Å². The van der Waals surface area contributed by atoms with E-state index in [2.05, 4.69) is 30.2 Å². The second-order valence-corrected chi connectivity index (χ2v) is 6.54. The zero-order valence-electron chi connectivity index (χ0n) is 11.8. The highest BCUT2D eigenvalue weighted by Gasteiger charge is 2.34. The number of likely N-dealkylation sites (N-methyl/N-ethyl adjacent to an activating group) is 1. The van der Waals surface area contributed by atoms with E-state index in [1.54, 1.807) is 11.8 Å². The molecule has 1 aromatic carbocycles. The van der Waals surface area contributed by atoms with Crippen LogP contribution in [0.3, 0.4) is 0 Å². The fourth-order valence-corrected chi connectivity index (χ4v) is 4.04. The Morgan fingerprint density at radius 1 is 1.30 bits per heavy atom. The van der Waals surface area contributed by atoms with Crippen LogP contribution in [-0.4, -0.2) is 47.0 Å². The van der Waals surface area contributed by atoms with Crippen LogP contribution in [-0.2, 0) is 11.3 Å². The van der Waals surface area contributed by atoms with Crippen LogP contribution < -0.4 is 0 Å². The quantitative estimate of drug-likeness (QED) is 0.798. The van der Waals surface area contributed by atoms with E-state index in [4.69, 9.17) is 0 Å². The Hall–Kier alpha value is -1.26. The lowest BCUT2D eigenvalue weighted by Gasteiger charge is -2.31. The highest BCUT2D eigenvalue weighted by Crippen LogP contribution is 2.33.